The minimum Gasteiger partial charge on any atom is -0.493 e. The monoisotopic (exact) mass is 399 g/mol. The maximum atomic E-state index is 12.4. The second kappa shape index (κ2) is 8.98. The summed E-state index contributed by atoms with van der Waals surface area (Å²) in [5.41, 5.74) is 0.00370. The lowest BCUT2D eigenvalue weighted by Crippen LogP contribution is -2.18. The molecule has 0 fully saturated rings. The Hall–Kier alpha value is -3.43. The van der Waals surface area contributed by atoms with Crippen molar-refractivity contribution in [2.24, 2.45) is 5.16 Å². The van der Waals surface area contributed by atoms with Gasteiger partial charge in [-0.1, -0.05) is 17.3 Å². The minimum absolute atomic E-state index is 0.0301. The molecular formula is C18H16F3NO6. The van der Waals surface area contributed by atoms with Crippen molar-refractivity contribution in [3.8, 4) is 23.0 Å². The largest absolute Gasteiger partial charge is 0.573 e. The number of benzene rings is 2. The number of methoxy groups -OCH3 is 3. The molecule has 7 nitrogen and oxygen atoms in total. The van der Waals surface area contributed by atoms with E-state index in [0.29, 0.717) is 0 Å². The van der Waals surface area contributed by atoms with E-state index < -0.39 is 18.1 Å². The van der Waals surface area contributed by atoms with E-state index in [9.17, 15) is 18.0 Å². The van der Waals surface area contributed by atoms with Gasteiger partial charge in [0.1, 0.15) is 5.75 Å². The Balaban J connectivity index is 2.19. The number of rotatable bonds is 7. The molecule has 0 aromatic heterocycles. The lowest BCUT2D eigenvalue weighted by Gasteiger charge is -2.13. The Kier molecular flexibility index (Phi) is 6.69. The van der Waals surface area contributed by atoms with Crippen molar-refractivity contribution in [3.63, 3.8) is 0 Å². The smallest absolute Gasteiger partial charge is 0.493 e. The third-order valence-electron chi connectivity index (χ3n) is 3.37. The third-order valence-corrected chi connectivity index (χ3v) is 3.37. The zero-order valence-corrected chi connectivity index (χ0v) is 15.1. The van der Waals surface area contributed by atoms with Gasteiger partial charge in [0.05, 0.1) is 33.1 Å². The van der Waals surface area contributed by atoms with E-state index in [-0.39, 0.29) is 28.4 Å². The highest BCUT2D eigenvalue weighted by Gasteiger charge is 2.31. The Morgan fingerprint density at radius 1 is 0.964 bits per heavy atom. The number of para-hydroxylation sites is 1. The molecule has 0 aliphatic rings. The predicted molar refractivity (Wildman–Crippen MR) is 92.2 cm³/mol. The molecule has 0 saturated carbocycles. The number of nitrogens with zero attached hydrogens (tertiary/aromatic N) is 1. The van der Waals surface area contributed by atoms with Crippen LogP contribution in [0.25, 0.3) is 0 Å². The van der Waals surface area contributed by atoms with Crippen molar-refractivity contribution in [2.45, 2.75) is 6.36 Å². The summed E-state index contributed by atoms with van der Waals surface area (Å²) in [5, 5.41) is 3.43. The first-order chi connectivity index (χ1) is 13.3. The average molecular weight is 399 g/mol. The molecule has 2 aromatic rings. The van der Waals surface area contributed by atoms with Gasteiger partial charge in [-0.25, -0.2) is 4.79 Å². The van der Waals surface area contributed by atoms with Crippen LogP contribution in [0.15, 0.2) is 41.6 Å². The van der Waals surface area contributed by atoms with Crippen LogP contribution in [0.1, 0.15) is 15.9 Å². The van der Waals surface area contributed by atoms with Crippen LogP contribution in [-0.2, 0) is 4.84 Å². The van der Waals surface area contributed by atoms with Gasteiger partial charge in [0, 0.05) is 5.56 Å². The number of halogens is 3. The molecule has 28 heavy (non-hydrogen) atoms. The van der Waals surface area contributed by atoms with Gasteiger partial charge in [-0.2, -0.15) is 0 Å². The fraction of sp³-hybridized carbons (Fsp3) is 0.222. The van der Waals surface area contributed by atoms with E-state index in [1.807, 2.05) is 0 Å². The molecule has 0 N–H and O–H groups in total. The van der Waals surface area contributed by atoms with E-state index in [4.69, 9.17) is 19.0 Å². The zero-order valence-electron chi connectivity index (χ0n) is 15.1. The molecule has 0 unspecified atom stereocenters. The molecule has 0 aliphatic carbocycles. The van der Waals surface area contributed by atoms with Gasteiger partial charge in [0.25, 0.3) is 0 Å². The SMILES string of the molecule is COc1cc(C(=O)ON=Cc2ccccc2OC(F)(F)F)cc(OC)c1OC. The van der Waals surface area contributed by atoms with Gasteiger partial charge >= 0.3 is 12.3 Å². The Morgan fingerprint density at radius 3 is 2.11 bits per heavy atom. The highest BCUT2D eigenvalue weighted by Crippen LogP contribution is 2.38. The number of hydrogen-bond acceptors (Lipinski definition) is 7. The van der Waals surface area contributed by atoms with Crippen LogP contribution in [0.2, 0.25) is 0 Å². The first-order valence-electron chi connectivity index (χ1n) is 7.68. The normalized spacial score (nSPS) is 11.2. The third kappa shape index (κ3) is 5.29. The molecule has 0 bridgehead atoms. The quantitative estimate of drug-likeness (QED) is 0.401. The fourth-order valence-electron chi connectivity index (χ4n) is 2.19. The molecule has 0 atom stereocenters. The standard InChI is InChI=1S/C18H16F3NO6/c1-24-14-8-12(9-15(25-2)16(14)26-3)17(23)28-22-10-11-6-4-5-7-13(11)27-18(19,20)21/h4-10H,1-3H3. The Bertz CT molecular complexity index is 842. The number of carbonyl (C=O) groups is 1. The van der Waals surface area contributed by atoms with Crippen LogP contribution in [0.4, 0.5) is 13.2 Å². The zero-order chi connectivity index (χ0) is 20.7. The highest BCUT2D eigenvalue weighted by molar-refractivity contribution is 5.92. The van der Waals surface area contributed by atoms with E-state index in [1.165, 1.54) is 51.7 Å². The number of hydrogen-bond donors (Lipinski definition) is 0. The number of alkyl halides is 3. The molecule has 150 valence electrons. The molecular weight excluding hydrogens is 383 g/mol. The van der Waals surface area contributed by atoms with E-state index in [1.54, 1.807) is 0 Å². The lowest BCUT2D eigenvalue weighted by molar-refractivity contribution is -0.274. The molecule has 0 radical (unpaired) electrons. The van der Waals surface area contributed by atoms with Crippen LogP contribution < -0.4 is 18.9 Å². The van der Waals surface area contributed by atoms with Gasteiger partial charge in [-0.05, 0) is 24.3 Å². The summed E-state index contributed by atoms with van der Waals surface area (Å²) in [6, 6.07) is 7.96. The number of oxime groups is 1. The van der Waals surface area contributed by atoms with Crippen LogP contribution in [-0.4, -0.2) is 39.9 Å². The first kappa shape index (κ1) is 20.9. The van der Waals surface area contributed by atoms with Gasteiger partial charge < -0.3 is 23.8 Å². The summed E-state index contributed by atoms with van der Waals surface area (Å²) in [5.74, 6) is -0.640. The molecule has 2 rings (SSSR count). The van der Waals surface area contributed by atoms with Gasteiger partial charge in [-0.3, -0.25) is 0 Å². The van der Waals surface area contributed by atoms with Crippen LogP contribution in [0.3, 0.4) is 0 Å². The topological polar surface area (TPSA) is 75.6 Å². The van der Waals surface area contributed by atoms with Gasteiger partial charge in [-0.15, -0.1) is 13.2 Å². The Morgan fingerprint density at radius 2 is 1.57 bits per heavy atom. The second-order valence-electron chi connectivity index (χ2n) is 5.11. The lowest BCUT2D eigenvalue weighted by atomic mass is 10.2. The predicted octanol–water partition coefficient (Wildman–Crippen LogP) is 3.80. The summed E-state index contributed by atoms with van der Waals surface area (Å²) >= 11 is 0. The van der Waals surface area contributed by atoms with Crippen molar-refractivity contribution in [1.82, 2.24) is 0 Å². The van der Waals surface area contributed by atoms with Crippen LogP contribution >= 0.6 is 0 Å². The van der Waals surface area contributed by atoms with Crippen molar-refractivity contribution < 1.29 is 41.8 Å². The van der Waals surface area contributed by atoms with Gasteiger partial charge in [0.15, 0.2) is 11.5 Å². The van der Waals surface area contributed by atoms with E-state index in [0.717, 1.165) is 12.3 Å². The van der Waals surface area contributed by atoms with Crippen molar-refractivity contribution >= 4 is 12.2 Å². The molecule has 2 aromatic carbocycles. The van der Waals surface area contributed by atoms with Crippen molar-refractivity contribution in [3.05, 3.63) is 47.5 Å². The summed E-state index contributed by atoms with van der Waals surface area (Å²) in [6.07, 6.45) is -3.94. The molecule has 0 aliphatic heterocycles. The maximum Gasteiger partial charge on any atom is 0.573 e. The Labute approximate surface area is 158 Å². The second-order valence-corrected chi connectivity index (χ2v) is 5.11. The number of ether oxygens (including phenoxy) is 4. The summed E-state index contributed by atoms with van der Waals surface area (Å²) in [7, 11) is 4.16. The molecule has 10 heteroatoms. The van der Waals surface area contributed by atoms with Crippen molar-refractivity contribution in [1.29, 1.82) is 0 Å². The van der Waals surface area contributed by atoms with E-state index >= 15 is 0 Å². The highest BCUT2D eigenvalue weighted by atomic mass is 19.4. The number of carbonyl (C=O) groups excluding carboxylic acids is 1. The summed E-state index contributed by atoms with van der Waals surface area (Å²) in [4.78, 5) is 16.9. The maximum absolute atomic E-state index is 12.4. The molecule has 0 spiro atoms. The molecule has 0 saturated heterocycles. The van der Waals surface area contributed by atoms with Gasteiger partial charge in [0.2, 0.25) is 5.75 Å². The van der Waals surface area contributed by atoms with E-state index in [2.05, 4.69) is 9.89 Å². The van der Waals surface area contributed by atoms with Crippen molar-refractivity contribution in [2.75, 3.05) is 21.3 Å². The van der Waals surface area contributed by atoms with Crippen LogP contribution in [0, 0.1) is 0 Å². The fourth-order valence-corrected chi connectivity index (χ4v) is 2.19. The summed E-state index contributed by atoms with van der Waals surface area (Å²) in [6.45, 7) is 0. The minimum atomic E-state index is -4.86. The molecule has 0 amide bonds. The summed E-state index contributed by atoms with van der Waals surface area (Å²) < 4.78 is 56.5. The first-order valence-corrected chi connectivity index (χ1v) is 7.68. The molecule has 0 heterocycles. The van der Waals surface area contributed by atoms with Crippen LogP contribution in [0.5, 0.6) is 23.0 Å². The average Bonchev–Trinajstić information content (AvgIpc) is 2.66.